The fourth-order valence-corrected chi connectivity index (χ4v) is 2.41. The van der Waals surface area contributed by atoms with Gasteiger partial charge in [-0.1, -0.05) is 32.1 Å². The van der Waals surface area contributed by atoms with Crippen molar-refractivity contribution in [2.45, 2.75) is 57.4 Å². The van der Waals surface area contributed by atoms with Gasteiger partial charge in [-0.3, -0.25) is 0 Å². The Labute approximate surface area is 98.3 Å². The van der Waals surface area contributed by atoms with E-state index in [9.17, 15) is 4.79 Å². The lowest BCUT2D eigenvalue weighted by Gasteiger charge is -2.35. The summed E-state index contributed by atoms with van der Waals surface area (Å²) in [5.74, 6) is 0. The second kappa shape index (κ2) is 6.74. The summed E-state index contributed by atoms with van der Waals surface area (Å²) in [6, 6.07) is -0.0754. The van der Waals surface area contributed by atoms with Crippen molar-refractivity contribution < 1.29 is 4.79 Å². The molecular formula is C12H25N3O. The summed E-state index contributed by atoms with van der Waals surface area (Å²) in [4.78, 5) is 11.6. The van der Waals surface area contributed by atoms with Crippen molar-refractivity contribution in [1.29, 1.82) is 0 Å². The van der Waals surface area contributed by atoms with Crippen LogP contribution in [0.1, 0.15) is 51.9 Å². The molecular weight excluding hydrogens is 202 g/mol. The predicted octanol–water partition coefficient (Wildman–Crippen LogP) is 1.75. The number of hydrogen-bond donors (Lipinski definition) is 3. The quantitative estimate of drug-likeness (QED) is 0.687. The number of carbonyl (C=O) groups excluding carboxylic acids is 1. The number of urea groups is 1. The van der Waals surface area contributed by atoms with E-state index >= 15 is 0 Å². The maximum absolute atomic E-state index is 11.6. The molecule has 0 heterocycles. The van der Waals surface area contributed by atoms with E-state index in [-0.39, 0.29) is 11.6 Å². The highest BCUT2D eigenvalue weighted by Gasteiger charge is 2.30. The molecule has 0 bridgehead atoms. The number of nitrogens with two attached hydrogens (primary N) is 1. The Morgan fingerprint density at radius 2 is 1.75 bits per heavy atom. The van der Waals surface area contributed by atoms with Crippen LogP contribution in [0.25, 0.3) is 0 Å². The molecule has 1 rings (SSSR count). The van der Waals surface area contributed by atoms with E-state index in [1.807, 2.05) is 6.92 Å². The summed E-state index contributed by atoms with van der Waals surface area (Å²) < 4.78 is 0. The fourth-order valence-electron chi connectivity index (χ4n) is 2.41. The number of carbonyl (C=O) groups is 1. The molecule has 0 aromatic heterocycles. The molecule has 16 heavy (non-hydrogen) atoms. The van der Waals surface area contributed by atoms with Crippen molar-refractivity contribution in [3.63, 3.8) is 0 Å². The van der Waals surface area contributed by atoms with Crippen molar-refractivity contribution in [1.82, 2.24) is 10.6 Å². The van der Waals surface area contributed by atoms with Gasteiger partial charge >= 0.3 is 6.03 Å². The molecule has 1 aliphatic carbocycles. The van der Waals surface area contributed by atoms with Gasteiger partial charge in [0.05, 0.1) is 5.54 Å². The molecule has 0 atom stereocenters. The standard InChI is InChI=1S/C12H25N3O/c1-2-14-11(16)15-12(10-13)8-6-4-3-5-7-9-12/h2-10,13H2,1H3,(H2,14,15,16). The molecule has 4 N–H and O–H groups in total. The third kappa shape index (κ3) is 4.00. The van der Waals surface area contributed by atoms with Crippen LogP contribution in [-0.4, -0.2) is 24.7 Å². The smallest absolute Gasteiger partial charge is 0.315 e. The largest absolute Gasteiger partial charge is 0.338 e. The zero-order valence-corrected chi connectivity index (χ0v) is 10.3. The Morgan fingerprint density at radius 3 is 2.25 bits per heavy atom. The Morgan fingerprint density at radius 1 is 1.19 bits per heavy atom. The maximum Gasteiger partial charge on any atom is 0.315 e. The lowest BCUT2D eigenvalue weighted by Crippen LogP contribution is -2.56. The fraction of sp³-hybridized carbons (Fsp3) is 0.917. The number of hydrogen-bond acceptors (Lipinski definition) is 2. The molecule has 1 saturated carbocycles. The second-order valence-electron chi connectivity index (χ2n) is 4.74. The molecule has 94 valence electrons. The van der Waals surface area contributed by atoms with Gasteiger partial charge < -0.3 is 16.4 Å². The van der Waals surface area contributed by atoms with Crippen molar-refractivity contribution >= 4 is 6.03 Å². The highest BCUT2D eigenvalue weighted by Crippen LogP contribution is 2.25. The summed E-state index contributed by atoms with van der Waals surface area (Å²) in [5.41, 5.74) is 5.69. The van der Waals surface area contributed by atoms with Gasteiger partial charge in [0, 0.05) is 13.1 Å². The lowest BCUT2D eigenvalue weighted by molar-refractivity contribution is 0.212. The third-order valence-electron chi connectivity index (χ3n) is 3.42. The summed E-state index contributed by atoms with van der Waals surface area (Å²) in [6.07, 6.45) is 8.22. The van der Waals surface area contributed by atoms with Crippen molar-refractivity contribution in [3.05, 3.63) is 0 Å². The van der Waals surface area contributed by atoms with E-state index in [1.54, 1.807) is 0 Å². The summed E-state index contributed by atoms with van der Waals surface area (Å²) in [7, 11) is 0. The predicted molar refractivity (Wildman–Crippen MR) is 66.3 cm³/mol. The van der Waals surface area contributed by atoms with Gasteiger partial charge in [-0.25, -0.2) is 4.79 Å². The maximum atomic E-state index is 11.6. The van der Waals surface area contributed by atoms with E-state index in [0.717, 1.165) is 12.8 Å². The van der Waals surface area contributed by atoms with Crippen LogP contribution >= 0.6 is 0 Å². The Kier molecular flexibility index (Phi) is 5.60. The first-order chi connectivity index (χ1) is 7.72. The first kappa shape index (κ1) is 13.3. The van der Waals surface area contributed by atoms with Gasteiger partial charge in [-0.15, -0.1) is 0 Å². The van der Waals surface area contributed by atoms with Crippen LogP contribution < -0.4 is 16.4 Å². The van der Waals surface area contributed by atoms with Crippen LogP contribution in [0.5, 0.6) is 0 Å². The van der Waals surface area contributed by atoms with Gasteiger partial charge in [-0.2, -0.15) is 0 Å². The average Bonchev–Trinajstić information content (AvgIpc) is 2.23. The topological polar surface area (TPSA) is 67.2 Å². The number of rotatable bonds is 3. The minimum absolute atomic E-state index is 0.0754. The van der Waals surface area contributed by atoms with Crippen LogP contribution in [0.4, 0.5) is 4.79 Å². The summed E-state index contributed by atoms with van der Waals surface area (Å²) >= 11 is 0. The zero-order chi connectivity index (χ0) is 11.9. The van der Waals surface area contributed by atoms with E-state index < -0.39 is 0 Å². The monoisotopic (exact) mass is 227 g/mol. The van der Waals surface area contributed by atoms with E-state index in [0.29, 0.717) is 13.1 Å². The van der Waals surface area contributed by atoms with Crippen LogP contribution in [0, 0.1) is 0 Å². The van der Waals surface area contributed by atoms with E-state index in [2.05, 4.69) is 10.6 Å². The minimum Gasteiger partial charge on any atom is -0.338 e. The van der Waals surface area contributed by atoms with Gasteiger partial charge in [0.15, 0.2) is 0 Å². The molecule has 0 spiro atoms. The Balaban J connectivity index is 2.54. The van der Waals surface area contributed by atoms with Gasteiger partial charge in [0.2, 0.25) is 0 Å². The summed E-state index contributed by atoms with van der Waals surface area (Å²) in [6.45, 7) is 3.13. The SMILES string of the molecule is CCNC(=O)NC1(CN)CCCCCCC1. The molecule has 0 aromatic carbocycles. The Bertz CT molecular complexity index is 210. The van der Waals surface area contributed by atoms with E-state index in [1.165, 1.54) is 32.1 Å². The van der Waals surface area contributed by atoms with Crippen LogP contribution in [-0.2, 0) is 0 Å². The normalized spacial score (nSPS) is 20.6. The molecule has 0 radical (unpaired) electrons. The lowest BCUT2D eigenvalue weighted by atomic mass is 9.84. The highest BCUT2D eigenvalue weighted by atomic mass is 16.2. The first-order valence-corrected chi connectivity index (χ1v) is 6.48. The molecule has 0 aliphatic heterocycles. The number of amides is 2. The molecule has 1 fully saturated rings. The summed E-state index contributed by atoms with van der Waals surface area (Å²) in [5, 5.41) is 5.86. The van der Waals surface area contributed by atoms with Gasteiger partial charge in [-0.05, 0) is 19.8 Å². The van der Waals surface area contributed by atoms with Gasteiger partial charge in [0.25, 0.3) is 0 Å². The van der Waals surface area contributed by atoms with Crippen LogP contribution in [0.15, 0.2) is 0 Å². The van der Waals surface area contributed by atoms with Crippen molar-refractivity contribution in [3.8, 4) is 0 Å². The molecule has 0 aromatic rings. The molecule has 1 aliphatic rings. The molecule has 4 nitrogen and oxygen atoms in total. The molecule has 0 unspecified atom stereocenters. The molecule has 4 heteroatoms. The second-order valence-corrected chi connectivity index (χ2v) is 4.74. The zero-order valence-electron chi connectivity index (χ0n) is 10.3. The highest BCUT2D eigenvalue weighted by molar-refractivity contribution is 5.74. The molecule has 2 amide bonds. The third-order valence-corrected chi connectivity index (χ3v) is 3.42. The van der Waals surface area contributed by atoms with E-state index in [4.69, 9.17) is 5.73 Å². The van der Waals surface area contributed by atoms with Crippen molar-refractivity contribution in [2.24, 2.45) is 5.73 Å². The minimum atomic E-state index is -0.167. The molecule has 0 saturated heterocycles. The van der Waals surface area contributed by atoms with Crippen LogP contribution in [0.2, 0.25) is 0 Å². The Hall–Kier alpha value is -0.770. The van der Waals surface area contributed by atoms with Gasteiger partial charge in [0.1, 0.15) is 0 Å². The van der Waals surface area contributed by atoms with Crippen LogP contribution in [0.3, 0.4) is 0 Å². The number of nitrogens with one attached hydrogen (secondary N) is 2. The first-order valence-electron chi connectivity index (χ1n) is 6.48. The van der Waals surface area contributed by atoms with Crippen molar-refractivity contribution in [2.75, 3.05) is 13.1 Å². The average molecular weight is 227 g/mol.